The van der Waals surface area contributed by atoms with E-state index in [1.807, 2.05) is 6.07 Å². The fraction of sp³-hybridized carbons (Fsp3) is 0.429. The van der Waals surface area contributed by atoms with E-state index in [1.54, 1.807) is 33.3 Å². The zero-order valence-electron chi connectivity index (χ0n) is 16.2. The van der Waals surface area contributed by atoms with Crippen LogP contribution in [0.5, 0.6) is 23.0 Å². The van der Waals surface area contributed by atoms with Gasteiger partial charge in [-0.2, -0.15) is 0 Å². The summed E-state index contributed by atoms with van der Waals surface area (Å²) in [6.45, 7) is 2.06. The van der Waals surface area contributed by atoms with Crippen LogP contribution in [0.1, 0.15) is 28.3 Å². The number of benzene rings is 2. The van der Waals surface area contributed by atoms with Gasteiger partial charge in [-0.05, 0) is 29.3 Å². The number of quaternary nitrogens is 1. The van der Waals surface area contributed by atoms with E-state index in [4.69, 9.17) is 18.9 Å². The highest BCUT2D eigenvalue weighted by atomic mass is 35.5. The molecule has 0 bridgehead atoms. The lowest BCUT2D eigenvalue weighted by molar-refractivity contribution is -0.949. The number of fused-ring (bicyclic) bond motifs is 4. The molecule has 0 aliphatic carbocycles. The van der Waals surface area contributed by atoms with Crippen molar-refractivity contribution in [1.82, 2.24) is 0 Å². The van der Waals surface area contributed by atoms with Gasteiger partial charge < -0.3 is 36.3 Å². The molecule has 0 spiro atoms. The van der Waals surface area contributed by atoms with Crippen LogP contribution in [-0.4, -0.2) is 35.0 Å². The molecule has 2 aromatic rings. The minimum atomic E-state index is 0. The molecule has 0 saturated heterocycles. The number of halogens is 1. The van der Waals surface area contributed by atoms with Crippen LogP contribution in [0.25, 0.3) is 0 Å². The Labute approximate surface area is 166 Å². The van der Waals surface area contributed by atoms with Crippen molar-refractivity contribution in [3.05, 3.63) is 46.5 Å². The van der Waals surface area contributed by atoms with Gasteiger partial charge in [-0.25, -0.2) is 0 Å². The third-order valence-corrected chi connectivity index (χ3v) is 5.80. The summed E-state index contributed by atoms with van der Waals surface area (Å²) in [6.07, 6.45) is 2.04. The van der Waals surface area contributed by atoms with Crippen LogP contribution in [0.2, 0.25) is 0 Å². The summed E-state index contributed by atoms with van der Waals surface area (Å²) in [7, 11) is 6.81. The van der Waals surface area contributed by atoms with Gasteiger partial charge in [0.05, 0.1) is 40.5 Å². The highest BCUT2D eigenvalue weighted by Crippen LogP contribution is 2.40. The number of hydrogen-bond donors (Lipinski definition) is 1. The van der Waals surface area contributed by atoms with Crippen LogP contribution >= 0.6 is 0 Å². The molecule has 2 aromatic carbocycles. The molecule has 0 amide bonds. The van der Waals surface area contributed by atoms with Gasteiger partial charge in [0.1, 0.15) is 12.6 Å². The maximum Gasteiger partial charge on any atom is 0.169 e. The Morgan fingerprint density at radius 2 is 1.56 bits per heavy atom. The Morgan fingerprint density at radius 3 is 2.22 bits per heavy atom. The maximum atomic E-state index is 5.68. The Kier molecular flexibility index (Phi) is 5.72. The molecule has 2 atom stereocenters. The molecule has 27 heavy (non-hydrogen) atoms. The van der Waals surface area contributed by atoms with Crippen LogP contribution in [-0.2, 0) is 19.4 Å². The van der Waals surface area contributed by atoms with E-state index >= 15 is 0 Å². The summed E-state index contributed by atoms with van der Waals surface area (Å²) in [5, 5.41) is 0. The lowest BCUT2D eigenvalue weighted by Crippen LogP contribution is -3.13. The zero-order valence-corrected chi connectivity index (χ0v) is 17.0. The number of ether oxygens (including phenoxy) is 4. The number of nitrogens with one attached hydrogen (secondary N) is 1. The van der Waals surface area contributed by atoms with Crippen LogP contribution in [0.15, 0.2) is 24.3 Å². The number of rotatable bonds is 4. The highest BCUT2D eigenvalue weighted by molar-refractivity contribution is 5.53. The Bertz CT molecular complexity index is 839. The first kappa shape index (κ1) is 19.6. The van der Waals surface area contributed by atoms with Crippen molar-refractivity contribution in [3.63, 3.8) is 0 Å². The molecule has 0 radical (unpaired) electrons. The van der Waals surface area contributed by atoms with Crippen molar-refractivity contribution in [2.45, 2.75) is 25.4 Å². The van der Waals surface area contributed by atoms with Gasteiger partial charge in [-0.3, -0.25) is 0 Å². The molecule has 5 nitrogen and oxygen atoms in total. The van der Waals surface area contributed by atoms with Crippen molar-refractivity contribution < 1.29 is 36.3 Å². The van der Waals surface area contributed by atoms with E-state index in [2.05, 4.69) is 18.2 Å². The average Bonchev–Trinajstić information content (AvgIpc) is 2.70. The molecule has 0 saturated carbocycles. The summed E-state index contributed by atoms with van der Waals surface area (Å²) in [5.74, 6) is 3.32. The minimum Gasteiger partial charge on any atom is -1.00 e. The lowest BCUT2D eigenvalue weighted by atomic mass is 9.83. The molecule has 2 aliphatic heterocycles. The van der Waals surface area contributed by atoms with Gasteiger partial charge in [0.15, 0.2) is 23.0 Å². The van der Waals surface area contributed by atoms with Gasteiger partial charge in [0.25, 0.3) is 0 Å². The van der Waals surface area contributed by atoms with Crippen LogP contribution in [0, 0.1) is 0 Å². The van der Waals surface area contributed by atoms with Crippen molar-refractivity contribution in [2.24, 2.45) is 0 Å². The van der Waals surface area contributed by atoms with Gasteiger partial charge >= 0.3 is 0 Å². The normalized spacial score (nSPS) is 19.7. The molecule has 2 aliphatic rings. The SMILES string of the molecule is COc1cc2c(cc1OC)C1Cc3ccc(OC)c(OC)c3C[NH+]1CC2.[Cl-]. The second kappa shape index (κ2) is 7.87. The van der Waals surface area contributed by atoms with E-state index in [9.17, 15) is 0 Å². The lowest BCUT2D eigenvalue weighted by Gasteiger charge is -2.39. The molecular formula is C21H26ClNO4. The summed E-state index contributed by atoms with van der Waals surface area (Å²) >= 11 is 0. The fourth-order valence-electron chi connectivity index (χ4n) is 4.50. The molecular weight excluding hydrogens is 366 g/mol. The molecule has 4 rings (SSSR count). The van der Waals surface area contributed by atoms with Crippen LogP contribution < -0.4 is 36.3 Å². The van der Waals surface area contributed by atoms with E-state index < -0.39 is 0 Å². The van der Waals surface area contributed by atoms with Crippen LogP contribution in [0.3, 0.4) is 0 Å². The summed E-state index contributed by atoms with van der Waals surface area (Å²) in [6, 6.07) is 8.95. The molecule has 0 aromatic heterocycles. The third-order valence-electron chi connectivity index (χ3n) is 5.80. The largest absolute Gasteiger partial charge is 1.00 e. The number of methoxy groups -OCH3 is 4. The first-order valence-corrected chi connectivity index (χ1v) is 9.02. The third kappa shape index (κ3) is 3.19. The molecule has 1 N–H and O–H groups in total. The molecule has 0 fully saturated rings. The monoisotopic (exact) mass is 391 g/mol. The van der Waals surface area contributed by atoms with Crippen molar-refractivity contribution >= 4 is 0 Å². The Hall–Kier alpha value is -2.11. The Balaban J connectivity index is 0.00000210. The summed E-state index contributed by atoms with van der Waals surface area (Å²) < 4.78 is 22.2. The second-order valence-electron chi connectivity index (χ2n) is 6.94. The van der Waals surface area contributed by atoms with E-state index in [0.29, 0.717) is 6.04 Å². The van der Waals surface area contributed by atoms with Gasteiger partial charge in [-0.1, -0.05) is 6.07 Å². The summed E-state index contributed by atoms with van der Waals surface area (Å²) in [4.78, 5) is 1.57. The zero-order chi connectivity index (χ0) is 18.3. The van der Waals surface area contributed by atoms with Crippen molar-refractivity contribution in [2.75, 3.05) is 35.0 Å². The first-order valence-electron chi connectivity index (χ1n) is 9.02. The van der Waals surface area contributed by atoms with Crippen molar-refractivity contribution in [1.29, 1.82) is 0 Å². The molecule has 2 unspecified atom stereocenters. The summed E-state index contributed by atoms with van der Waals surface area (Å²) in [5.41, 5.74) is 5.38. The highest BCUT2D eigenvalue weighted by Gasteiger charge is 2.38. The number of hydrogen-bond acceptors (Lipinski definition) is 4. The fourth-order valence-corrected chi connectivity index (χ4v) is 4.50. The standard InChI is InChI=1S/C21H25NO4.ClH/c1-23-18-6-5-13-9-17-15-11-20(25-3)19(24-2)10-14(15)7-8-22(17)12-16(13)21(18)26-4;/h5-6,10-11,17H,7-9,12H2,1-4H3;1H. The first-order chi connectivity index (χ1) is 12.7. The van der Waals surface area contributed by atoms with Gasteiger partial charge in [0.2, 0.25) is 0 Å². The van der Waals surface area contributed by atoms with E-state index in [1.165, 1.54) is 22.3 Å². The maximum absolute atomic E-state index is 5.68. The predicted molar refractivity (Wildman–Crippen MR) is 98.8 cm³/mol. The molecule has 146 valence electrons. The predicted octanol–water partition coefficient (Wildman–Crippen LogP) is -1.04. The Morgan fingerprint density at radius 1 is 0.852 bits per heavy atom. The molecule has 6 heteroatoms. The topological polar surface area (TPSA) is 41.4 Å². The average molecular weight is 392 g/mol. The van der Waals surface area contributed by atoms with Crippen molar-refractivity contribution in [3.8, 4) is 23.0 Å². The van der Waals surface area contributed by atoms with E-state index in [-0.39, 0.29) is 12.4 Å². The minimum absolute atomic E-state index is 0. The van der Waals surface area contributed by atoms with Crippen LogP contribution in [0.4, 0.5) is 0 Å². The smallest absolute Gasteiger partial charge is 0.169 e. The molecule has 2 heterocycles. The quantitative estimate of drug-likeness (QED) is 0.723. The van der Waals surface area contributed by atoms with Gasteiger partial charge in [0, 0.05) is 18.4 Å². The second-order valence-corrected chi connectivity index (χ2v) is 6.94. The van der Waals surface area contributed by atoms with Gasteiger partial charge in [-0.15, -0.1) is 0 Å². The van der Waals surface area contributed by atoms with E-state index in [0.717, 1.165) is 48.9 Å².